The SMILES string of the molecule is CC1CN(c2ccc(CNC(=O)CC3CC4CCC(C3)N4)cn2)CCO1. The van der Waals surface area contributed by atoms with Crippen molar-refractivity contribution < 1.29 is 9.53 Å². The highest BCUT2D eigenvalue weighted by Crippen LogP contribution is 2.32. The van der Waals surface area contributed by atoms with Crippen LogP contribution >= 0.6 is 0 Å². The van der Waals surface area contributed by atoms with Crippen LogP contribution in [0.5, 0.6) is 0 Å². The predicted molar refractivity (Wildman–Crippen MR) is 101 cm³/mol. The van der Waals surface area contributed by atoms with E-state index in [1.165, 1.54) is 12.8 Å². The maximum absolute atomic E-state index is 12.3. The average Bonchev–Trinajstić information content (AvgIpc) is 2.99. The predicted octanol–water partition coefficient (Wildman–Crippen LogP) is 1.84. The summed E-state index contributed by atoms with van der Waals surface area (Å²) in [5, 5.41) is 6.70. The van der Waals surface area contributed by atoms with E-state index >= 15 is 0 Å². The third-order valence-corrected chi connectivity index (χ3v) is 5.91. The van der Waals surface area contributed by atoms with Gasteiger partial charge in [-0.05, 0) is 50.2 Å². The number of nitrogens with zero attached hydrogens (tertiary/aromatic N) is 2. The normalized spacial score (nSPS) is 31.0. The van der Waals surface area contributed by atoms with Crippen LogP contribution in [0.15, 0.2) is 18.3 Å². The molecule has 6 nitrogen and oxygen atoms in total. The van der Waals surface area contributed by atoms with E-state index < -0.39 is 0 Å². The Balaban J connectivity index is 1.23. The molecule has 3 aliphatic heterocycles. The number of carbonyl (C=O) groups excluding carboxylic acids is 1. The van der Waals surface area contributed by atoms with Gasteiger partial charge in [-0.25, -0.2) is 4.98 Å². The van der Waals surface area contributed by atoms with Crippen LogP contribution in [-0.4, -0.2) is 48.8 Å². The second-order valence-electron chi connectivity index (χ2n) is 8.11. The van der Waals surface area contributed by atoms with Crippen molar-refractivity contribution in [2.75, 3.05) is 24.6 Å². The Morgan fingerprint density at radius 2 is 2.15 bits per heavy atom. The molecule has 4 rings (SSSR count). The smallest absolute Gasteiger partial charge is 0.220 e. The van der Waals surface area contributed by atoms with Crippen LogP contribution in [0.25, 0.3) is 0 Å². The van der Waals surface area contributed by atoms with E-state index in [0.717, 1.165) is 43.9 Å². The molecular weight excluding hydrogens is 328 g/mol. The summed E-state index contributed by atoms with van der Waals surface area (Å²) in [7, 11) is 0. The molecule has 0 saturated carbocycles. The fourth-order valence-corrected chi connectivity index (χ4v) is 4.61. The third-order valence-electron chi connectivity index (χ3n) is 5.91. The summed E-state index contributed by atoms with van der Waals surface area (Å²) in [5.74, 6) is 1.69. The van der Waals surface area contributed by atoms with E-state index in [4.69, 9.17) is 4.74 Å². The van der Waals surface area contributed by atoms with Crippen LogP contribution in [0, 0.1) is 5.92 Å². The number of carbonyl (C=O) groups is 1. The van der Waals surface area contributed by atoms with Crippen molar-refractivity contribution in [2.24, 2.45) is 5.92 Å². The van der Waals surface area contributed by atoms with Gasteiger partial charge < -0.3 is 20.3 Å². The molecule has 3 atom stereocenters. The first-order valence-corrected chi connectivity index (χ1v) is 10.00. The standard InChI is InChI=1S/C20H30N4O2/c1-14-13-24(6-7-26-14)19-5-2-15(11-21-19)12-22-20(25)10-16-8-17-3-4-18(9-16)23-17/h2,5,11,14,16-18,23H,3-4,6-10,12-13H2,1H3,(H,22,25). The van der Waals surface area contributed by atoms with E-state index in [9.17, 15) is 4.79 Å². The first kappa shape index (κ1) is 17.7. The molecule has 0 aromatic carbocycles. The minimum Gasteiger partial charge on any atom is -0.375 e. The number of fused-ring (bicyclic) bond motifs is 2. The molecular formula is C20H30N4O2. The Labute approximate surface area is 155 Å². The second-order valence-corrected chi connectivity index (χ2v) is 8.11. The zero-order chi connectivity index (χ0) is 17.9. The summed E-state index contributed by atoms with van der Waals surface area (Å²) >= 11 is 0. The number of aromatic nitrogens is 1. The van der Waals surface area contributed by atoms with Gasteiger partial charge in [0.15, 0.2) is 0 Å². The number of morpholine rings is 1. The molecule has 26 heavy (non-hydrogen) atoms. The summed E-state index contributed by atoms with van der Waals surface area (Å²) in [6, 6.07) is 5.40. The fraction of sp³-hybridized carbons (Fsp3) is 0.700. The lowest BCUT2D eigenvalue weighted by Crippen LogP contribution is -2.41. The number of nitrogens with one attached hydrogen (secondary N) is 2. The molecule has 2 N–H and O–H groups in total. The lowest BCUT2D eigenvalue weighted by Gasteiger charge is -2.32. The molecule has 3 unspecified atom stereocenters. The van der Waals surface area contributed by atoms with Crippen molar-refractivity contribution in [3.05, 3.63) is 23.9 Å². The fourth-order valence-electron chi connectivity index (χ4n) is 4.61. The highest BCUT2D eigenvalue weighted by Gasteiger charge is 2.34. The summed E-state index contributed by atoms with van der Waals surface area (Å²) in [5.41, 5.74) is 1.05. The van der Waals surface area contributed by atoms with Crippen LogP contribution in [0.4, 0.5) is 5.82 Å². The Bertz CT molecular complexity index is 609. The Morgan fingerprint density at radius 3 is 2.85 bits per heavy atom. The molecule has 6 heteroatoms. The molecule has 3 aliphatic rings. The van der Waals surface area contributed by atoms with Crippen LogP contribution in [0.3, 0.4) is 0 Å². The van der Waals surface area contributed by atoms with Crippen molar-refractivity contribution in [3.63, 3.8) is 0 Å². The number of hydrogen-bond donors (Lipinski definition) is 2. The Kier molecular flexibility index (Phi) is 5.41. The number of anilines is 1. The summed E-state index contributed by atoms with van der Waals surface area (Å²) in [4.78, 5) is 19.1. The van der Waals surface area contributed by atoms with Gasteiger partial charge >= 0.3 is 0 Å². The van der Waals surface area contributed by atoms with Crippen molar-refractivity contribution in [1.82, 2.24) is 15.6 Å². The number of amides is 1. The van der Waals surface area contributed by atoms with Crippen molar-refractivity contribution in [3.8, 4) is 0 Å². The van der Waals surface area contributed by atoms with Gasteiger partial charge in [-0.15, -0.1) is 0 Å². The zero-order valence-corrected chi connectivity index (χ0v) is 15.6. The Hall–Kier alpha value is -1.66. The van der Waals surface area contributed by atoms with Gasteiger partial charge in [0, 0.05) is 44.3 Å². The molecule has 3 saturated heterocycles. The molecule has 1 amide bonds. The first-order valence-electron chi connectivity index (χ1n) is 10.00. The minimum absolute atomic E-state index is 0.169. The van der Waals surface area contributed by atoms with Crippen LogP contribution in [-0.2, 0) is 16.1 Å². The molecule has 1 aromatic heterocycles. The van der Waals surface area contributed by atoms with Gasteiger partial charge in [0.05, 0.1) is 12.7 Å². The quantitative estimate of drug-likeness (QED) is 0.841. The van der Waals surface area contributed by atoms with Gasteiger partial charge in [-0.3, -0.25) is 4.79 Å². The zero-order valence-electron chi connectivity index (χ0n) is 15.6. The monoisotopic (exact) mass is 358 g/mol. The molecule has 1 aromatic rings. The third kappa shape index (κ3) is 4.35. The van der Waals surface area contributed by atoms with Crippen molar-refractivity contribution in [1.29, 1.82) is 0 Å². The average molecular weight is 358 g/mol. The van der Waals surface area contributed by atoms with Crippen LogP contribution in [0.2, 0.25) is 0 Å². The molecule has 3 fully saturated rings. The van der Waals surface area contributed by atoms with Crippen LogP contribution < -0.4 is 15.5 Å². The van der Waals surface area contributed by atoms with Gasteiger partial charge in [0.25, 0.3) is 0 Å². The first-order chi connectivity index (χ1) is 12.7. The van der Waals surface area contributed by atoms with Crippen LogP contribution in [0.1, 0.15) is 44.6 Å². The topological polar surface area (TPSA) is 66.5 Å². The van der Waals surface area contributed by atoms with Gasteiger partial charge in [0.2, 0.25) is 5.91 Å². The number of ether oxygens (including phenoxy) is 1. The molecule has 0 spiro atoms. The van der Waals surface area contributed by atoms with E-state index in [0.29, 0.717) is 31.0 Å². The van der Waals surface area contributed by atoms with Crippen molar-refractivity contribution in [2.45, 2.75) is 63.8 Å². The molecule has 0 aliphatic carbocycles. The maximum atomic E-state index is 12.3. The second kappa shape index (κ2) is 7.92. The molecule has 142 valence electrons. The van der Waals surface area contributed by atoms with Gasteiger partial charge in [0.1, 0.15) is 5.82 Å². The number of rotatable bonds is 5. The van der Waals surface area contributed by atoms with E-state index in [2.05, 4.69) is 33.5 Å². The van der Waals surface area contributed by atoms with Gasteiger partial charge in [-0.1, -0.05) is 6.07 Å². The van der Waals surface area contributed by atoms with E-state index in [-0.39, 0.29) is 12.0 Å². The summed E-state index contributed by atoms with van der Waals surface area (Å²) < 4.78 is 5.58. The largest absolute Gasteiger partial charge is 0.375 e. The van der Waals surface area contributed by atoms with Gasteiger partial charge in [-0.2, -0.15) is 0 Å². The molecule has 4 heterocycles. The molecule has 2 bridgehead atoms. The maximum Gasteiger partial charge on any atom is 0.220 e. The lowest BCUT2D eigenvalue weighted by molar-refractivity contribution is -0.122. The van der Waals surface area contributed by atoms with E-state index in [1.807, 2.05) is 12.3 Å². The number of pyridine rings is 1. The minimum atomic E-state index is 0.169. The van der Waals surface area contributed by atoms with E-state index in [1.54, 1.807) is 0 Å². The number of hydrogen-bond acceptors (Lipinski definition) is 5. The Morgan fingerprint density at radius 1 is 1.35 bits per heavy atom. The number of piperidine rings is 1. The highest BCUT2D eigenvalue weighted by molar-refractivity contribution is 5.76. The molecule has 0 radical (unpaired) electrons. The summed E-state index contributed by atoms with van der Waals surface area (Å²) in [6.07, 6.45) is 7.64. The summed E-state index contributed by atoms with van der Waals surface area (Å²) in [6.45, 7) is 5.15. The lowest BCUT2D eigenvalue weighted by atomic mass is 9.89. The van der Waals surface area contributed by atoms with Crippen molar-refractivity contribution >= 4 is 11.7 Å². The highest BCUT2D eigenvalue weighted by atomic mass is 16.5.